The molecular formula is C15H20N4O3. The van der Waals surface area contributed by atoms with Crippen molar-refractivity contribution in [3.63, 3.8) is 0 Å². The van der Waals surface area contributed by atoms with Gasteiger partial charge in [0.05, 0.1) is 18.8 Å². The Bertz CT molecular complexity index is 542. The van der Waals surface area contributed by atoms with Gasteiger partial charge in [-0.15, -0.1) is 0 Å². The number of aromatic nitrogens is 2. The third-order valence-corrected chi connectivity index (χ3v) is 4.43. The Morgan fingerprint density at radius 2 is 1.82 bits per heavy atom. The van der Waals surface area contributed by atoms with Crippen LogP contribution in [0.2, 0.25) is 0 Å². The highest BCUT2D eigenvalue weighted by Crippen LogP contribution is 2.32. The van der Waals surface area contributed by atoms with E-state index in [-0.39, 0.29) is 11.7 Å². The molecular weight excluding hydrogens is 284 g/mol. The average Bonchev–Trinajstić information content (AvgIpc) is 3.26. The first kappa shape index (κ1) is 13.9. The fraction of sp³-hybridized carbons (Fsp3) is 0.667. The molecule has 0 bridgehead atoms. The molecule has 1 aromatic rings. The van der Waals surface area contributed by atoms with Crippen LogP contribution < -0.4 is 10.2 Å². The molecule has 3 aliphatic rings. The third-order valence-electron chi connectivity index (χ3n) is 4.43. The summed E-state index contributed by atoms with van der Waals surface area (Å²) in [6.07, 6.45) is 7.00. The maximum atomic E-state index is 11.9. The van der Waals surface area contributed by atoms with E-state index in [1.54, 1.807) is 12.4 Å². The molecule has 2 saturated heterocycles. The molecule has 0 unspecified atom stereocenters. The number of hydrogen-bond donors (Lipinski definition) is 1. The predicted molar refractivity (Wildman–Crippen MR) is 78.6 cm³/mol. The Kier molecular flexibility index (Phi) is 3.46. The number of nitrogens with one attached hydrogen (secondary N) is 1. The molecule has 0 atom stereocenters. The molecule has 1 aliphatic carbocycles. The number of anilines is 1. The van der Waals surface area contributed by atoms with Crippen LogP contribution in [0.4, 0.5) is 5.95 Å². The fourth-order valence-electron chi connectivity index (χ4n) is 2.93. The Morgan fingerprint density at radius 3 is 2.41 bits per heavy atom. The molecule has 1 amide bonds. The smallest absolute Gasteiger partial charge is 0.254 e. The fourth-order valence-corrected chi connectivity index (χ4v) is 2.93. The number of rotatable bonds is 3. The second kappa shape index (κ2) is 5.48. The van der Waals surface area contributed by atoms with Gasteiger partial charge in [-0.3, -0.25) is 4.79 Å². The van der Waals surface area contributed by atoms with Crippen LogP contribution in [0.25, 0.3) is 0 Å². The van der Waals surface area contributed by atoms with Crippen LogP contribution in [0, 0.1) is 0 Å². The van der Waals surface area contributed by atoms with Gasteiger partial charge in [0.1, 0.15) is 0 Å². The molecule has 22 heavy (non-hydrogen) atoms. The number of hydrogen-bond acceptors (Lipinski definition) is 6. The van der Waals surface area contributed by atoms with Crippen molar-refractivity contribution in [1.29, 1.82) is 0 Å². The summed E-state index contributed by atoms with van der Waals surface area (Å²) in [6.45, 7) is 2.96. The van der Waals surface area contributed by atoms with Crippen molar-refractivity contribution < 1.29 is 14.3 Å². The van der Waals surface area contributed by atoms with Crippen LogP contribution in [0.5, 0.6) is 0 Å². The van der Waals surface area contributed by atoms with Gasteiger partial charge in [0.25, 0.3) is 5.91 Å². The molecule has 1 N–H and O–H groups in total. The topological polar surface area (TPSA) is 76.6 Å². The molecule has 1 saturated carbocycles. The maximum absolute atomic E-state index is 11.9. The first-order valence-electron chi connectivity index (χ1n) is 7.90. The monoisotopic (exact) mass is 304 g/mol. The highest BCUT2D eigenvalue weighted by atomic mass is 16.7. The largest absolute Gasteiger partial charge is 0.349 e. The molecule has 3 fully saturated rings. The van der Waals surface area contributed by atoms with Gasteiger partial charge in [0, 0.05) is 44.4 Å². The zero-order valence-electron chi connectivity index (χ0n) is 12.5. The van der Waals surface area contributed by atoms with Gasteiger partial charge in [-0.2, -0.15) is 0 Å². The number of piperidine rings is 1. The van der Waals surface area contributed by atoms with Crippen molar-refractivity contribution in [2.24, 2.45) is 0 Å². The van der Waals surface area contributed by atoms with Crippen LogP contribution in [0.1, 0.15) is 36.0 Å². The lowest BCUT2D eigenvalue weighted by Crippen LogP contribution is -2.45. The van der Waals surface area contributed by atoms with Crippen molar-refractivity contribution in [2.45, 2.75) is 37.5 Å². The van der Waals surface area contributed by atoms with Gasteiger partial charge in [0.15, 0.2) is 5.79 Å². The predicted octanol–water partition coefficient (Wildman–Crippen LogP) is 0.712. The molecule has 3 heterocycles. The van der Waals surface area contributed by atoms with Gasteiger partial charge < -0.3 is 19.7 Å². The highest BCUT2D eigenvalue weighted by Gasteiger charge is 2.40. The van der Waals surface area contributed by atoms with Gasteiger partial charge in [-0.1, -0.05) is 0 Å². The van der Waals surface area contributed by atoms with Crippen molar-refractivity contribution in [3.05, 3.63) is 18.0 Å². The SMILES string of the molecule is O=C(NC1CC1)c1cnc(N2CCC3(CC2)OCCO3)nc1. The Morgan fingerprint density at radius 1 is 1.18 bits per heavy atom. The normalized spacial score (nSPS) is 23.7. The lowest BCUT2D eigenvalue weighted by atomic mass is 10.0. The Hall–Kier alpha value is -1.73. The lowest BCUT2D eigenvalue weighted by Gasteiger charge is -2.37. The maximum Gasteiger partial charge on any atom is 0.254 e. The van der Waals surface area contributed by atoms with E-state index in [0.29, 0.717) is 30.8 Å². The van der Waals surface area contributed by atoms with E-state index in [1.165, 1.54) is 0 Å². The first-order chi connectivity index (χ1) is 10.7. The van der Waals surface area contributed by atoms with Crippen molar-refractivity contribution in [3.8, 4) is 0 Å². The second-order valence-corrected chi connectivity index (χ2v) is 6.11. The van der Waals surface area contributed by atoms with Crippen LogP contribution in [0.15, 0.2) is 12.4 Å². The van der Waals surface area contributed by atoms with Crippen molar-refractivity contribution in [2.75, 3.05) is 31.2 Å². The standard InChI is InChI=1S/C15H20N4O3/c20-13(18-12-1-2-12)11-9-16-14(17-10-11)19-5-3-15(4-6-19)21-7-8-22-15/h9-10,12H,1-8H2,(H,18,20). The summed E-state index contributed by atoms with van der Waals surface area (Å²) in [4.78, 5) is 22.7. The summed E-state index contributed by atoms with van der Waals surface area (Å²) in [6, 6.07) is 0.344. The number of ether oxygens (including phenoxy) is 2. The second-order valence-electron chi connectivity index (χ2n) is 6.11. The molecule has 7 heteroatoms. The zero-order chi connectivity index (χ0) is 15.0. The van der Waals surface area contributed by atoms with Gasteiger partial charge in [0.2, 0.25) is 5.95 Å². The van der Waals surface area contributed by atoms with Gasteiger partial charge >= 0.3 is 0 Å². The molecule has 7 nitrogen and oxygen atoms in total. The van der Waals surface area contributed by atoms with E-state index in [2.05, 4.69) is 20.2 Å². The van der Waals surface area contributed by atoms with Crippen molar-refractivity contribution in [1.82, 2.24) is 15.3 Å². The van der Waals surface area contributed by atoms with E-state index >= 15 is 0 Å². The van der Waals surface area contributed by atoms with Crippen LogP contribution >= 0.6 is 0 Å². The summed E-state index contributed by atoms with van der Waals surface area (Å²) in [5.74, 6) is 0.191. The van der Waals surface area contributed by atoms with E-state index in [1.807, 2.05) is 0 Å². The molecule has 2 aliphatic heterocycles. The van der Waals surface area contributed by atoms with Crippen LogP contribution in [-0.2, 0) is 9.47 Å². The first-order valence-corrected chi connectivity index (χ1v) is 7.90. The van der Waals surface area contributed by atoms with Gasteiger partial charge in [-0.05, 0) is 12.8 Å². The number of carbonyl (C=O) groups is 1. The third kappa shape index (κ3) is 2.78. The molecule has 1 spiro atoms. The summed E-state index contributed by atoms with van der Waals surface area (Å²) in [5, 5.41) is 2.94. The van der Waals surface area contributed by atoms with Gasteiger partial charge in [-0.25, -0.2) is 9.97 Å². The lowest BCUT2D eigenvalue weighted by molar-refractivity contribution is -0.169. The van der Waals surface area contributed by atoms with Crippen LogP contribution in [0.3, 0.4) is 0 Å². The Balaban J connectivity index is 1.37. The van der Waals surface area contributed by atoms with E-state index in [4.69, 9.17) is 9.47 Å². The average molecular weight is 304 g/mol. The Labute approximate surface area is 129 Å². The van der Waals surface area contributed by atoms with Crippen LogP contribution in [-0.4, -0.2) is 54.0 Å². The van der Waals surface area contributed by atoms with E-state index in [9.17, 15) is 4.79 Å². The summed E-state index contributed by atoms with van der Waals surface area (Å²) in [5.41, 5.74) is 0.520. The van der Waals surface area contributed by atoms with Crippen molar-refractivity contribution >= 4 is 11.9 Å². The minimum Gasteiger partial charge on any atom is -0.349 e. The molecule has 1 aromatic heterocycles. The summed E-state index contributed by atoms with van der Waals surface area (Å²) >= 11 is 0. The minimum absolute atomic E-state index is 0.0839. The zero-order valence-corrected chi connectivity index (χ0v) is 12.5. The molecule has 4 rings (SSSR count). The molecule has 0 radical (unpaired) electrons. The number of carbonyl (C=O) groups excluding carboxylic acids is 1. The van der Waals surface area contributed by atoms with E-state index in [0.717, 1.165) is 38.8 Å². The highest BCUT2D eigenvalue weighted by molar-refractivity contribution is 5.94. The summed E-state index contributed by atoms with van der Waals surface area (Å²) < 4.78 is 11.4. The number of amides is 1. The molecule has 118 valence electrons. The van der Waals surface area contributed by atoms with E-state index < -0.39 is 0 Å². The quantitative estimate of drug-likeness (QED) is 0.886. The molecule has 0 aromatic carbocycles. The summed E-state index contributed by atoms with van der Waals surface area (Å²) in [7, 11) is 0. The minimum atomic E-state index is -0.388. The number of nitrogens with zero attached hydrogens (tertiary/aromatic N) is 3.